The summed E-state index contributed by atoms with van der Waals surface area (Å²) >= 11 is 0. The number of methoxy groups -OCH3 is 1. The second kappa shape index (κ2) is 12.5. The average molecular weight is 517 g/mol. The lowest BCUT2D eigenvalue weighted by molar-refractivity contribution is -0.115. The minimum absolute atomic E-state index is 0.0592. The Kier molecular flexibility index (Phi) is 9.15. The Hall–Kier alpha value is -4.47. The molecule has 4 rings (SSSR count). The van der Waals surface area contributed by atoms with Crippen molar-refractivity contribution in [3.63, 3.8) is 0 Å². The topological polar surface area (TPSA) is 148 Å². The van der Waals surface area contributed by atoms with Gasteiger partial charge in [0.2, 0.25) is 15.9 Å². The van der Waals surface area contributed by atoms with Gasteiger partial charge >= 0.3 is 0 Å². The zero-order valence-corrected chi connectivity index (χ0v) is 21.0. The second-order valence-electron chi connectivity index (χ2n) is 7.97. The molecule has 0 unspecified atom stereocenters. The number of nitrogen functional groups attached to an aromatic ring is 1. The predicted octanol–water partition coefficient (Wildman–Crippen LogP) is 4.16. The first-order valence-electron chi connectivity index (χ1n) is 11.2. The van der Waals surface area contributed by atoms with Gasteiger partial charge in [-0.15, -0.1) is 0 Å². The maximum atomic E-state index is 12.1. The molecule has 6 N–H and O–H groups in total. The van der Waals surface area contributed by atoms with E-state index in [-0.39, 0.29) is 23.1 Å². The van der Waals surface area contributed by atoms with Gasteiger partial charge in [-0.1, -0.05) is 72.8 Å². The van der Waals surface area contributed by atoms with Crippen molar-refractivity contribution in [2.75, 3.05) is 12.4 Å². The molecule has 0 heterocycles. The summed E-state index contributed by atoms with van der Waals surface area (Å²) in [6, 6.07) is 30.1. The van der Waals surface area contributed by atoms with Gasteiger partial charge in [0, 0.05) is 16.8 Å². The second-order valence-corrected chi connectivity index (χ2v) is 9.50. The first-order chi connectivity index (χ1) is 17.7. The van der Waals surface area contributed by atoms with Crippen LogP contribution in [0.3, 0.4) is 0 Å². The molecule has 0 aromatic heterocycles. The lowest BCUT2D eigenvalue weighted by Gasteiger charge is -2.10. The maximum Gasteiger partial charge on any atom is 0.238 e. The molecule has 1 amide bonds. The number of anilines is 1. The fourth-order valence-corrected chi connectivity index (χ4v) is 4.22. The van der Waals surface area contributed by atoms with E-state index in [1.165, 1.54) is 6.07 Å². The van der Waals surface area contributed by atoms with Crippen LogP contribution in [0.2, 0.25) is 0 Å². The Morgan fingerprint density at radius 2 is 1.54 bits per heavy atom. The van der Waals surface area contributed by atoms with E-state index >= 15 is 0 Å². The third kappa shape index (κ3) is 8.03. The summed E-state index contributed by atoms with van der Waals surface area (Å²) in [5, 5.41) is 15.2. The SMILES string of the molecule is COc1cccc(C(=N)N)c1.NS(=O)(=O)c1ccccc1-c1ccc(NC(=O)Cc2ccccc2)cc1. The Bertz CT molecular complexity index is 1470. The molecule has 0 fully saturated rings. The number of benzene rings is 4. The molecule has 0 bridgehead atoms. The fourth-order valence-electron chi connectivity index (χ4n) is 3.46. The van der Waals surface area contributed by atoms with Crippen LogP contribution in [0.1, 0.15) is 11.1 Å². The Balaban J connectivity index is 0.000000289. The van der Waals surface area contributed by atoms with Gasteiger partial charge in [-0.25, -0.2) is 13.6 Å². The van der Waals surface area contributed by atoms with Crippen LogP contribution in [0.15, 0.2) is 108 Å². The number of carbonyl (C=O) groups excluding carboxylic acids is 1. The van der Waals surface area contributed by atoms with Crippen LogP contribution in [0, 0.1) is 5.41 Å². The summed E-state index contributed by atoms with van der Waals surface area (Å²) < 4.78 is 28.4. The lowest BCUT2D eigenvalue weighted by Crippen LogP contribution is -2.14. The lowest BCUT2D eigenvalue weighted by atomic mass is 10.1. The van der Waals surface area contributed by atoms with Crippen molar-refractivity contribution < 1.29 is 17.9 Å². The number of hydrogen-bond acceptors (Lipinski definition) is 5. The standard InChI is InChI=1S/C20H18N2O3S.C8H10N2O/c21-26(24,25)19-9-5-4-8-18(19)16-10-12-17(13-11-16)22-20(23)14-15-6-2-1-3-7-15;1-11-7-4-2-3-6(5-7)8(9)10/h1-13H,14H2,(H,22,23)(H2,21,24,25);2-5H,1H3,(H3,9,10). The molecule has 0 radical (unpaired) electrons. The number of amidine groups is 1. The highest BCUT2D eigenvalue weighted by Gasteiger charge is 2.14. The van der Waals surface area contributed by atoms with Gasteiger partial charge in [-0.2, -0.15) is 0 Å². The van der Waals surface area contributed by atoms with Gasteiger partial charge in [0.25, 0.3) is 0 Å². The number of hydrogen-bond donors (Lipinski definition) is 4. The predicted molar refractivity (Wildman–Crippen MR) is 146 cm³/mol. The van der Waals surface area contributed by atoms with E-state index in [1.54, 1.807) is 67.8 Å². The van der Waals surface area contributed by atoms with E-state index in [9.17, 15) is 13.2 Å². The van der Waals surface area contributed by atoms with Crippen LogP contribution in [0.4, 0.5) is 5.69 Å². The van der Waals surface area contributed by atoms with Gasteiger partial charge < -0.3 is 15.8 Å². The van der Waals surface area contributed by atoms with Crippen LogP contribution in [-0.2, 0) is 21.2 Å². The summed E-state index contributed by atoms with van der Waals surface area (Å²) in [4.78, 5) is 12.2. The van der Waals surface area contributed by atoms with Crippen LogP contribution < -0.4 is 20.9 Å². The summed E-state index contributed by atoms with van der Waals surface area (Å²) in [6.45, 7) is 0. The van der Waals surface area contributed by atoms with E-state index in [0.29, 0.717) is 22.4 Å². The van der Waals surface area contributed by atoms with E-state index < -0.39 is 10.0 Å². The van der Waals surface area contributed by atoms with Crippen molar-refractivity contribution in [1.29, 1.82) is 5.41 Å². The Morgan fingerprint density at radius 1 is 0.892 bits per heavy atom. The van der Waals surface area contributed by atoms with E-state index in [1.807, 2.05) is 36.4 Å². The smallest absolute Gasteiger partial charge is 0.238 e. The molecule has 0 saturated carbocycles. The van der Waals surface area contributed by atoms with Crippen molar-refractivity contribution in [2.45, 2.75) is 11.3 Å². The highest BCUT2D eigenvalue weighted by atomic mass is 32.2. The van der Waals surface area contributed by atoms with Crippen molar-refractivity contribution in [3.05, 3.63) is 114 Å². The molecule has 4 aromatic carbocycles. The number of ether oxygens (including phenoxy) is 1. The zero-order valence-electron chi connectivity index (χ0n) is 20.2. The molecule has 0 aliphatic carbocycles. The van der Waals surface area contributed by atoms with Crippen molar-refractivity contribution >= 4 is 27.5 Å². The van der Waals surface area contributed by atoms with E-state index in [2.05, 4.69) is 5.32 Å². The number of carbonyl (C=O) groups is 1. The molecule has 0 saturated heterocycles. The Morgan fingerprint density at radius 3 is 2.16 bits per heavy atom. The molecule has 37 heavy (non-hydrogen) atoms. The largest absolute Gasteiger partial charge is 0.497 e. The number of nitrogens with two attached hydrogens (primary N) is 2. The maximum absolute atomic E-state index is 12.1. The van der Waals surface area contributed by atoms with Crippen molar-refractivity contribution in [3.8, 4) is 16.9 Å². The molecule has 0 aliphatic heterocycles. The normalized spacial score (nSPS) is 10.5. The molecule has 8 nitrogen and oxygen atoms in total. The summed E-state index contributed by atoms with van der Waals surface area (Å²) in [7, 11) is -2.23. The molecular formula is C28H28N4O4S. The molecule has 0 spiro atoms. The van der Waals surface area contributed by atoms with Gasteiger partial charge in [-0.3, -0.25) is 10.2 Å². The average Bonchev–Trinajstić information content (AvgIpc) is 2.89. The van der Waals surface area contributed by atoms with Crippen LogP contribution >= 0.6 is 0 Å². The van der Waals surface area contributed by atoms with Crippen LogP contribution in [-0.4, -0.2) is 27.3 Å². The molecule has 190 valence electrons. The highest BCUT2D eigenvalue weighted by molar-refractivity contribution is 7.89. The van der Waals surface area contributed by atoms with E-state index in [4.69, 9.17) is 21.0 Å². The van der Waals surface area contributed by atoms with Crippen LogP contribution in [0.5, 0.6) is 5.75 Å². The minimum atomic E-state index is -3.82. The quantitative estimate of drug-likeness (QED) is 0.215. The molecular weight excluding hydrogens is 488 g/mol. The van der Waals surface area contributed by atoms with Gasteiger partial charge in [0.1, 0.15) is 11.6 Å². The third-order valence-corrected chi connectivity index (χ3v) is 6.23. The van der Waals surface area contributed by atoms with E-state index in [0.717, 1.165) is 11.3 Å². The molecule has 0 atom stereocenters. The zero-order chi connectivity index (χ0) is 26.8. The number of rotatable bonds is 7. The van der Waals surface area contributed by atoms with Crippen molar-refractivity contribution in [1.82, 2.24) is 0 Å². The molecule has 0 aliphatic rings. The minimum Gasteiger partial charge on any atom is -0.497 e. The molecule has 4 aromatic rings. The Labute approximate surface area is 216 Å². The monoisotopic (exact) mass is 516 g/mol. The fraction of sp³-hybridized carbons (Fsp3) is 0.0714. The first kappa shape index (κ1) is 27.1. The van der Waals surface area contributed by atoms with Gasteiger partial charge in [0.05, 0.1) is 18.4 Å². The number of nitrogens with one attached hydrogen (secondary N) is 2. The third-order valence-electron chi connectivity index (χ3n) is 5.26. The van der Waals surface area contributed by atoms with Crippen molar-refractivity contribution in [2.24, 2.45) is 10.9 Å². The summed E-state index contributed by atoms with van der Waals surface area (Å²) in [6.07, 6.45) is 0.289. The summed E-state index contributed by atoms with van der Waals surface area (Å²) in [5.74, 6) is 0.662. The molecule has 9 heteroatoms. The number of primary sulfonamides is 1. The number of sulfonamides is 1. The first-order valence-corrected chi connectivity index (χ1v) is 12.8. The van der Waals surface area contributed by atoms with Gasteiger partial charge in [-0.05, 0) is 41.5 Å². The van der Waals surface area contributed by atoms with Gasteiger partial charge in [0.15, 0.2) is 0 Å². The number of amides is 1. The highest BCUT2D eigenvalue weighted by Crippen LogP contribution is 2.27. The van der Waals surface area contributed by atoms with Crippen LogP contribution in [0.25, 0.3) is 11.1 Å². The summed E-state index contributed by atoms with van der Waals surface area (Å²) in [5.41, 5.74) is 8.75.